The highest BCUT2D eigenvalue weighted by Crippen LogP contribution is 2.24. The SMILES string of the molecule is N#Cc1ccc(S(=O)(=O)N2CC(Oc3cc(C#N)ccn3)C2)cc1. The zero-order valence-corrected chi connectivity index (χ0v) is 13.3. The first-order valence-electron chi connectivity index (χ1n) is 7.06. The lowest BCUT2D eigenvalue weighted by molar-refractivity contribution is 0.0720. The van der Waals surface area contributed by atoms with Crippen LogP contribution in [0.1, 0.15) is 11.1 Å². The summed E-state index contributed by atoms with van der Waals surface area (Å²) in [5.41, 5.74) is 0.837. The lowest BCUT2D eigenvalue weighted by Crippen LogP contribution is -2.56. The fourth-order valence-corrected chi connectivity index (χ4v) is 3.74. The molecule has 1 aromatic carbocycles. The largest absolute Gasteiger partial charge is 0.471 e. The van der Waals surface area contributed by atoms with Crippen molar-refractivity contribution in [3.05, 3.63) is 53.7 Å². The van der Waals surface area contributed by atoms with E-state index in [9.17, 15) is 8.42 Å². The number of nitriles is 2. The van der Waals surface area contributed by atoms with E-state index in [1.165, 1.54) is 40.8 Å². The average molecular weight is 340 g/mol. The van der Waals surface area contributed by atoms with Crippen molar-refractivity contribution in [2.75, 3.05) is 13.1 Å². The van der Waals surface area contributed by atoms with Crippen molar-refractivity contribution in [3.63, 3.8) is 0 Å². The van der Waals surface area contributed by atoms with Gasteiger partial charge in [0.25, 0.3) is 0 Å². The van der Waals surface area contributed by atoms with Gasteiger partial charge in [-0.2, -0.15) is 14.8 Å². The van der Waals surface area contributed by atoms with Gasteiger partial charge in [0.2, 0.25) is 15.9 Å². The van der Waals surface area contributed by atoms with Crippen LogP contribution in [-0.2, 0) is 10.0 Å². The first-order chi connectivity index (χ1) is 11.5. The Balaban J connectivity index is 1.64. The van der Waals surface area contributed by atoms with E-state index in [1.54, 1.807) is 6.07 Å². The van der Waals surface area contributed by atoms with Crippen molar-refractivity contribution >= 4 is 10.0 Å². The number of rotatable bonds is 4. The van der Waals surface area contributed by atoms with Crippen LogP contribution in [0.4, 0.5) is 0 Å². The molecule has 7 nitrogen and oxygen atoms in total. The predicted molar refractivity (Wildman–Crippen MR) is 83.3 cm³/mol. The fraction of sp³-hybridized carbons (Fsp3) is 0.188. The van der Waals surface area contributed by atoms with Crippen molar-refractivity contribution in [1.29, 1.82) is 10.5 Å². The van der Waals surface area contributed by atoms with Crippen molar-refractivity contribution in [2.24, 2.45) is 0 Å². The predicted octanol–water partition coefficient (Wildman–Crippen LogP) is 1.28. The second-order valence-corrected chi connectivity index (χ2v) is 7.13. The number of pyridine rings is 1. The molecule has 8 heteroatoms. The molecule has 3 rings (SSSR count). The van der Waals surface area contributed by atoms with E-state index in [4.69, 9.17) is 15.3 Å². The molecule has 1 aliphatic rings. The number of aromatic nitrogens is 1. The number of benzene rings is 1. The van der Waals surface area contributed by atoms with Crippen LogP contribution in [0.3, 0.4) is 0 Å². The number of nitrogens with zero attached hydrogens (tertiary/aromatic N) is 4. The summed E-state index contributed by atoms with van der Waals surface area (Å²) in [5, 5.41) is 17.6. The third-order valence-corrected chi connectivity index (χ3v) is 5.43. The molecule has 1 aliphatic heterocycles. The maximum Gasteiger partial charge on any atom is 0.243 e. The average Bonchev–Trinajstić information content (AvgIpc) is 2.57. The highest BCUT2D eigenvalue weighted by molar-refractivity contribution is 7.89. The Kier molecular flexibility index (Phi) is 4.17. The van der Waals surface area contributed by atoms with E-state index in [0.29, 0.717) is 17.0 Å². The second kappa shape index (κ2) is 6.28. The summed E-state index contributed by atoms with van der Waals surface area (Å²) in [5.74, 6) is 0.300. The zero-order valence-electron chi connectivity index (χ0n) is 12.5. The Bertz CT molecular complexity index is 937. The number of hydrogen-bond donors (Lipinski definition) is 0. The summed E-state index contributed by atoms with van der Waals surface area (Å²) >= 11 is 0. The van der Waals surface area contributed by atoms with Crippen LogP contribution in [0.15, 0.2) is 47.5 Å². The molecule has 2 aromatic rings. The molecule has 0 atom stereocenters. The minimum absolute atomic E-state index is 0.143. The quantitative estimate of drug-likeness (QED) is 0.829. The molecule has 0 saturated carbocycles. The molecule has 0 unspecified atom stereocenters. The van der Waals surface area contributed by atoms with Crippen molar-refractivity contribution in [1.82, 2.24) is 9.29 Å². The first-order valence-corrected chi connectivity index (χ1v) is 8.50. The molecular formula is C16H12N4O3S. The molecule has 1 aromatic heterocycles. The Morgan fingerprint density at radius 2 is 1.75 bits per heavy atom. The minimum atomic E-state index is -3.59. The van der Waals surface area contributed by atoms with Crippen molar-refractivity contribution < 1.29 is 13.2 Å². The van der Waals surface area contributed by atoms with Crippen LogP contribution in [0.5, 0.6) is 5.88 Å². The molecule has 0 amide bonds. The summed E-state index contributed by atoms with van der Waals surface area (Å²) in [4.78, 5) is 4.14. The number of ether oxygens (including phenoxy) is 1. The molecule has 0 bridgehead atoms. The summed E-state index contributed by atoms with van der Waals surface area (Å²) < 4.78 is 31.8. The van der Waals surface area contributed by atoms with E-state index in [0.717, 1.165) is 0 Å². The van der Waals surface area contributed by atoms with Gasteiger partial charge in [-0.05, 0) is 30.3 Å². The summed E-state index contributed by atoms with van der Waals surface area (Å²) in [6.07, 6.45) is 1.16. The van der Waals surface area contributed by atoms with Gasteiger partial charge >= 0.3 is 0 Å². The molecule has 1 saturated heterocycles. The molecular weight excluding hydrogens is 328 g/mol. The van der Waals surface area contributed by atoms with Crippen LogP contribution in [0, 0.1) is 22.7 Å². The third-order valence-electron chi connectivity index (χ3n) is 3.59. The second-order valence-electron chi connectivity index (χ2n) is 5.19. The normalized spacial score (nSPS) is 15.1. The van der Waals surface area contributed by atoms with Gasteiger partial charge in [0.1, 0.15) is 6.10 Å². The van der Waals surface area contributed by atoms with E-state index in [-0.39, 0.29) is 24.1 Å². The summed E-state index contributed by atoms with van der Waals surface area (Å²) in [6, 6.07) is 12.8. The highest BCUT2D eigenvalue weighted by Gasteiger charge is 2.38. The lowest BCUT2D eigenvalue weighted by atomic mass is 10.2. The molecule has 2 heterocycles. The molecule has 0 spiro atoms. The molecule has 1 fully saturated rings. The van der Waals surface area contributed by atoms with Crippen LogP contribution in [0.2, 0.25) is 0 Å². The molecule has 120 valence electrons. The highest BCUT2D eigenvalue weighted by atomic mass is 32.2. The number of sulfonamides is 1. The van der Waals surface area contributed by atoms with E-state index in [2.05, 4.69) is 4.98 Å². The Morgan fingerprint density at radius 1 is 1.08 bits per heavy atom. The van der Waals surface area contributed by atoms with Crippen molar-refractivity contribution in [3.8, 4) is 18.0 Å². The fourth-order valence-electron chi connectivity index (χ4n) is 2.24. The summed E-state index contributed by atoms with van der Waals surface area (Å²) in [6.45, 7) is 0.418. The van der Waals surface area contributed by atoms with E-state index >= 15 is 0 Å². The Morgan fingerprint density at radius 3 is 2.38 bits per heavy atom. The van der Waals surface area contributed by atoms with Crippen molar-refractivity contribution in [2.45, 2.75) is 11.0 Å². The van der Waals surface area contributed by atoms with Crippen LogP contribution in [-0.4, -0.2) is 36.9 Å². The molecule has 0 radical (unpaired) electrons. The zero-order chi connectivity index (χ0) is 17.2. The van der Waals surface area contributed by atoms with Gasteiger partial charge < -0.3 is 4.74 Å². The topological polar surface area (TPSA) is 107 Å². The van der Waals surface area contributed by atoms with E-state index in [1.807, 2.05) is 12.1 Å². The van der Waals surface area contributed by atoms with Gasteiger partial charge in [-0.3, -0.25) is 0 Å². The smallest absolute Gasteiger partial charge is 0.243 e. The minimum Gasteiger partial charge on any atom is -0.471 e. The van der Waals surface area contributed by atoms with E-state index < -0.39 is 10.0 Å². The summed E-state index contributed by atoms with van der Waals surface area (Å²) in [7, 11) is -3.59. The Labute approximate surface area is 139 Å². The maximum absolute atomic E-state index is 12.4. The first kappa shape index (κ1) is 15.9. The van der Waals surface area contributed by atoms with Crippen LogP contribution < -0.4 is 4.74 Å². The van der Waals surface area contributed by atoms with Gasteiger partial charge in [0.05, 0.1) is 41.3 Å². The number of hydrogen-bond acceptors (Lipinski definition) is 6. The van der Waals surface area contributed by atoms with Gasteiger partial charge in [-0.1, -0.05) is 0 Å². The third kappa shape index (κ3) is 3.06. The van der Waals surface area contributed by atoms with Crippen LogP contribution >= 0.6 is 0 Å². The van der Waals surface area contributed by atoms with Gasteiger partial charge in [-0.25, -0.2) is 13.4 Å². The van der Waals surface area contributed by atoms with Gasteiger partial charge in [-0.15, -0.1) is 0 Å². The standard InChI is InChI=1S/C16H12N4O3S/c17-8-12-1-3-15(4-2-12)24(21,22)20-10-14(11-20)23-16-7-13(9-18)5-6-19-16/h1-7,14H,10-11H2. The van der Waals surface area contributed by atoms with Gasteiger partial charge in [0, 0.05) is 12.3 Å². The lowest BCUT2D eigenvalue weighted by Gasteiger charge is -2.37. The maximum atomic E-state index is 12.4. The monoisotopic (exact) mass is 340 g/mol. The van der Waals surface area contributed by atoms with Crippen LogP contribution in [0.25, 0.3) is 0 Å². The Hall–Kier alpha value is -2.94. The molecule has 24 heavy (non-hydrogen) atoms. The molecule has 0 aliphatic carbocycles. The molecule has 0 N–H and O–H groups in total. The van der Waals surface area contributed by atoms with Gasteiger partial charge in [0.15, 0.2) is 0 Å².